The number of fused-ring (bicyclic) bond motifs is 2. The summed E-state index contributed by atoms with van der Waals surface area (Å²) in [4.78, 5) is 36.7. The van der Waals surface area contributed by atoms with E-state index in [0.29, 0.717) is 12.1 Å². The van der Waals surface area contributed by atoms with Crippen molar-refractivity contribution in [3.63, 3.8) is 0 Å². The number of nitrogens with zero attached hydrogens (tertiary/aromatic N) is 4. The highest BCUT2D eigenvalue weighted by Gasteiger charge is 2.60. The number of aromatic nitrogens is 4. The van der Waals surface area contributed by atoms with Crippen LogP contribution in [0.3, 0.4) is 0 Å². The van der Waals surface area contributed by atoms with Crippen LogP contribution in [0.1, 0.15) is 40.8 Å². The third-order valence-electron chi connectivity index (χ3n) is 6.37. The quantitative estimate of drug-likeness (QED) is 0.243. The Balaban J connectivity index is 1.36. The van der Waals surface area contributed by atoms with Gasteiger partial charge in [-0.15, -0.1) is 0 Å². The van der Waals surface area contributed by atoms with Crippen molar-refractivity contribution in [2.24, 2.45) is 5.41 Å². The summed E-state index contributed by atoms with van der Waals surface area (Å²) in [5.41, 5.74) is 3.86. The number of hydrogen-bond acceptors (Lipinski definition) is 15. The van der Waals surface area contributed by atoms with Crippen molar-refractivity contribution in [1.29, 1.82) is 0 Å². The first-order valence-electron chi connectivity index (χ1n) is 13.0. The molecule has 228 valence electrons. The number of nitrogens with one attached hydrogen (secondary N) is 1. The smallest absolute Gasteiger partial charge is 0.475 e. The molecule has 4 N–H and O–H groups in total. The normalized spacial score (nSPS) is 27.9. The summed E-state index contributed by atoms with van der Waals surface area (Å²) < 4.78 is 47.6. The number of aliphatic hydroxyl groups is 1. The SMILES string of the molecule is CCOC(=O)NCC(C)(C)C(=O)SCCO[P@]1(=O)OC[C@H]2O[C@@H](n3cnc4c(OCC)nc(N)nc43)[C@](C)(O)[C@@H]2O1. The summed E-state index contributed by atoms with van der Waals surface area (Å²) in [6, 6.07) is 0. The lowest BCUT2D eigenvalue weighted by Crippen LogP contribution is -2.47. The Morgan fingerprint density at radius 1 is 1.34 bits per heavy atom. The average molecular weight is 619 g/mol. The van der Waals surface area contributed by atoms with Crippen molar-refractivity contribution in [2.45, 2.75) is 58.7 Å². The summed E-state index contributed by atoms with van der Waals surface area (Å²) in [5.74, 6) is 0.285. The van der Waals surface area contributed by atoms with Crippen LogP contribution in [-0.2, 0) is 32.4 Å². The Kier molecular flexibility index (Phi) is 9.48. The van der Waals surface area contributed by atoms with E-state index in [9.17, 15) is 19.3 Å². The maximum Gasteiger partial charge on any atom is 0.475 e. The fraction of sp³-hybridized carbons (Fsp3) is 0.696. The second-order valence-corrected chi connectivity index (χ2v) is 12.8. The van der Waals surface area contributed by atoms with Gasteiger partial charge in [0.25, 0.3) is 0 Å². The van der Waals surface area contributed by atoms with Crippen molar-refractivity contribution in [1.82, 2.24) is 24.8 Å². The molecule has 0 aromatic carbocycles. The number of nitrogens with two attached hydrogens (primary N) is 1. The largest absolute Gasteiger partial charge is 0.476 e. The Labute approximate surface area is 240 Å². The number of carbonyl (C=O) groups excluding carboxylic acids is 2. The lowest BCUT2D eigenvalue weighted by molar-refractivity contribution is -0.117. The molecule has 0 radical (unpaired) electrons. The van der Waals surface area contributed by atoms with Crippen LogP contribution in [0.4, 0.5) is 10.7 Å². The molecule has 1 amide bonds. The number of nitrogen functional groups attached to an aromatic ring is 1. The van der Waals surface area contributed by atoms with Crippen LogP contribution in [-0.4, -0.2) is 92.4 Å². The molecular formula is C23H35N6O10PS. The number of ether oxygens (including phenoxy) is 3. The predicted octanol–water partition coefficient (Wildman–Crippen LogP) is 2.03. The fourth-order valence-corrected chi connectivity index (χ4v) is 6.69. The van der Waals surface area contributed by atoms with Crippen molar-refractivity contribution in [2.75, 3.05) is 44.5 Å². The third-order valence-corrected chi connectivity index (χ3v) is 9.00. The summed E-state index contributed by atoms with van der Waals surface area (Å²) in [7, 11) is -4.10. The number of alkyl carbamates (subject to hydrolysis) is 1. The van der Waals surface area contributed by atoms with Crippen molar-refractivity contribution >= 4 is 47.9 Å². The molecule has 2 saturated heterocycles. The predicted molar refractivity (Wildman–Crippen MR) is 146 cm³/mol. The van der Waals surface area contributed by atoms with Gasteiger partial charge in [0.05, 0.1) is 38.2 Å². The zero-order valence-corrected chi connectivity index (χ0v) is 25.1. The van der Waals surface area contributed by atoms with Crippen molar-refractivity contribution in [3.8, 4) is 5.88 Å². The molecule has 5 atom stereocenters. The number of phosphoric ester groups is 1. The number of anilines is 1. The Hall–Kier alpha value is -2.53. The Morgan fingerprint density at radius 3 is 2.80 bits per heavy atom. The van der Waals surface area contributed by atoms with Crippen LogP contribution < -0.4 is 15.8 Å². The molecule has 2 aliphatic rings. The van der Waals surface area contributed by atoms with Crippen molar-refractivity contribution in [3.05, 3.63) is 6.33 Å². The number of rotatable bonds is 11. The van der Waals surface area contributed by atoms with Gasteiger partial charge in [0.2, 0.25) is 11.8 Å². The molecule has 4 rings (SSSR count). The molecule has 2 fully saturated rings. The Bertz CT molecular complexity index is 1320. The van der Waals surface area contributed by atoms with Crippen LogP contribution in [0.5, 0.6) is 5.88 Å². The molecule has 16 nitrogen and oxygen atoms in total. The molecule has 41 heavy (non-hydrogen) atoms. The van der Waals surface area contributed by atoms with Crippen LogP contribution in [0.2, 0.25) is 0 Å². The highest BCUT2D eigenvalue weighted by atomic mass is 32.2. The second-order valence-electron chi connectivity index (χ2n) is 10.1. The van der Waals surface area contributed by atoms with E-state index in [2.05, 4.69) is 20.3 Å². The van der Waals surface area contributed by atoms with Gasteiger partial charge < -0.3 is 30.4 Å². The summed E-state index contributed by atoms with van der Waals surface area (Å²) in [6.45, 7) is 8.63. The Morgan fingerprint density at radius 2 is 2.10 bits per heavy atom. The number of amides is 1. The first-order chi connectivity index (χ1) is 19.3. The van der Waals surface area contributed by atoms with Crippen LogP contribution >= 0.6 is 19.6 Å². The second kappa shape index (κ2) is 12.4. The minimum Gasteiger partial charge on any atom is -0.476 e. The minimum atomic E-state index is -4.10. The van der Waals surface area contributed by atoms with E-state index in [-0.39, 0.29) is 54.7 Å². The molecule has 0 spiro atoms. The standard InChI is InChI=1S/C23H35N6O10PS/c1-6-34-17-14-16(27-20(24)28-17)29(12-26-14)18-23(5,32)15-13(38-18)10-37-40(33,39-15)36-8-9-41-19(30)22(3,4)11-25-21(31)35-7-2/h12-13,15,18,32H,6-11H2,1-5H3,(H,25,31)(H2,24,27,28)/t13-,15-,18-,23-,40-/m1/s1. The van der Waals surface area contributed by atoms with Gasteiger partial charge in [-0.3, -0.25) is 22.9 Å². The van der Waals surface area contributed by atoms with Crippen molar-refractivity contribution < 1.29 is 47.0 Å². The van der Waals surface area contributed by atoms with Gasteiger partial charge in [-0.25, -0.2) is 14.3 Å². The molecule has 18 heteroatoms. The topological polar surface area (TPSA) is 208 Å². The van der Waals surface area contributed by atoms with Crippen LogP contribution in [0, 0.1) is 5.41 Å². The van der Waals surface area contributed by atoms with E-state index < -0.39 is 43.4 Å². The molecule has 2 aromatic heterocycles. The van der Waals surface area contributed by atoms with Gasteiger partial charge in [-0.2, -0.15) is 9.97 Å². The maximum atomic E-state index is 13.2. The van der Waals surface area contributed by atoms with Gasteiger partial charge in [-0.05, 0) is 20.8 Å². The number of hydrogen-bond donors (Lipinski definition) is 3. The van der Waals surface area contributed by atoms with Gasteiger partial charge in [0.1, 0.15) is 17.8 Å². The van der Waals surface area contributed by atoms with E-state index in [1.165, 1.54) is 17.8 Å². The molecule has 0 saturated carbocycles. The molecule has 2 aromatic rings. The fourth-order valence-electron chi connectivity index (χ4n) is 4.28. The molecule has 2 aliphatic heterocycles. The zero-order valence-electron chi connectivity index (χ0n) is 23.4. The highest BCUT2D eigenvalue weighted by Crippen LogP contribution is 2.58. The number of imidazole rings is 1. The lowest BCUT2D eigenvalue weighted by Gasteiger charge is -2.35. The van der Waals surface area contributed by atoms with E-state index in [1.54, 1.807) is 27.7 Å². The van der Waals surface area contributed by atoms with Gasteiger partial charge in [-0.1, -0.05) is 25.6 Å². The number of phosphoric acid groups is 1. The van der Waals surface area contributed by atoms with Gasteiger partial charge >= 0.3 is 13.9 Å². The van der Waals surface area contributed by atoms with E-state index in [1.807, 2.05) is 0 Å². The van der Waals surface area contributed by atoms with Crippen LogP contribution in [0.25, 0.3) is 11.2 Å². The molecule has 0 bridgehead atoms. The summed E-state index contributed by atoms with van der Waals surface area (Å²) >= 11 is 0.955. The van der Waals surface area contributed by atoms with E-state index in [0.717, 1.165) is 11.8 Å². The first-order valence-corrected chi connectivity index (χ1v) is 15.4. The van der Waals surface area contributed by atoms with Crippen LogP contribution in [0.15, 0.2) is 6.33 Å². The maximum absolute atomic E-state index is 13.2. The first kappa shape index (κ1) is 31.4. The van der Waals surface area contributed by atoms with E-state index >= 15 is 0 Å². The van der Waals surface area contributed by atoms with E-state index in [4.69, 9.17) is 33.5 Å². The highest BCUT2D eigenvalue weighted by molar-refractivity contribution is 8.13. The number of thioether (sulfide) groups is 1. The third kappa shape index (κ3) is 6.77. The zero-order chi connectivity index (χ0) is 30.0. The summed E-state index contributed by atoms with van der Waals surface area (Å²) in [6.07, 6.45) is -2.12. The number of carbonyl (C=O) groups is 2. The van der Waals surface area contributed by atoms with Gasteiger partial charge in [0.15, 0.2) is 22.5 Å². The minimum absolute atomic E-state index is 0.0507. The summed E-state index contributed by atoms with van der Waals surface area (Å²) in [5, 5.41) is 13.8. The van der Waals surface area contributed by atoms with Gasteiger partial charge in [0, 0.05) is 12.3 Å². The molecular weight excluding hydrogens is 583 g/mol. The molecule has 0 aliphatic carbocycles. The molecule has 0 unspecified atom stereocenters. The lowest BCUT2D eigenvalue weighted by atomic mass is 9.96. The average Bonchev–Trinajstić information content (AvgIpc) is 3.43. The monoisotopic (exact) mass is 618 g/mol. The molecule has 4 heterocycles.